The topological polar surface area (TPSA) is 35.2 Å². The van der Waals surface area contributed by atoms with Crippen LogP contribution in [0.2, 0.25) is 0 Å². The smallest absolute Gasteiger partial charge is 0.135 e. The van der Waals surface area contributed by atoms with Gasteiger partial charge in [-0.2, -0.15) is 12.1 Å². The van der Waals surface area contributed by atoms with Gasteiger partial charge in [-0.1, -0.05) is 182 Å². The standard InChI is InChI=1S/C66H57N4O.Pt/c1-42(2)34-43-32-33-67-62(35-43)70-59-28-14-13-24-55(59)56-31-30-49(40-61(56)70)71-48-19-15-18-47(39-48)68-41-69-63-50(44-36-45(65(3,4)5)38-46(37-44)66(6,7)8)25-16-26-57(63)53-22-11-9-20-51(53)52-21-10-12-23-54(52)58-27-17-29-60(68)64(58)69;/h9-33,35-38,41-42H,34H2,1-8H3;/q-3;/i3D3,4D3,5D3,34D2;. The molecule has 0 N–H and O–H groups in total. The molecule has 0 spiro atoms. The van der Waals surface area contributed by atoms with E-state index in [-0.39, 0.29) is 32.5 Å². The first-order chi connectivity index (χ1) is 38.8. The summed E-state index contributed by atoms with van der Waals surface area (Å²) in [5.74, 6) is 1.10. The second-order valence-corrected chi connectivity index (χ2v) is 19.8. The van der Waals surface area contributed by atoms with E-state index in [0.717, 1.165) is 59.8 Å². The van der Waals surface area contributed by atoms with Gasteiger partial charge in [-0.05, 0) is 131 Å². The van der Waals surface area contributed by atoms with Crippen LogP contribution in [0.4, 0.5) is 11.4 Å². The Morgan fingerprint density at radius 3 is 1.92 bits per heavy atom. The predicted molar refractivity (Wildman–Crippen MR) is 298 cm³/mol. The van der Waals surface area contributed by atoms with Gasteiger partial charge in [0.25, 0.3) is 0 Å². The molecule has 72 heavy (non-hydrogen) atoms. The van der Waals surface area contributed by atoms with Gasteiger partial charge in [0, 0.05) is 65.0 Å². The number of aromatic nitrogens is 3. The Hall–Kier alpha value is -7.33. The van der Waals surface area contributed by atoms with Crippen molar-refractivity contribution < 1.29 is 40.9 Å². The summed E-state index contributed by atoms with van der Waals surface area (Å²) < 4.78 is 108. The van der Waals surface area contributed by atoms with E-state index >= 15 is 0 Å². The maximum atomic E-state index is 8.89. The van der Waals surface area contributed by atoms with Crippen molar-refractivity contribution in [3.05, 3.63) is 212 Å². The molecule has 1 aliphatic heterocycles. The van der Waals surface area contributed by atoms with Crippen LogP contribution in [0, 0.1) is 24.7 Å². The fraction of sp³-hybridized carbons (Fsp3) is 0.182. The van der Waals surface area contributed by atoms with E-state index in [2.05, 4.69) is 47.0 Å². The number of nitrogens with zero attached hydrogens (tertiary/aromatic N) is 4. The van der Waals surface area contributed by atoms with E-state index in [4.69, 9.17) is 24.8 Å². The minimum Gasteiger partial charge on any atom is -0.509 e. The first kappa shape index (κ1) is 35.7. The normalized spacial score (nSPS) is 15.6. The Kier molecular flexibility index (Phi) is 8.96. The fourth-order valence-corrected chi connectivity index (χ4v) is 10.3. The average Bonchev–Trinajstić information content (AvgIpc) is 3.20. The van der Waals surface area contributed by atoms with Crippen molar-refractivity contribution in [2.75, 3.05) is 4.90 Å². The van der Waals surface area contributed by atoms with Gasteiger partial charge >= 0.3 is 0 Å². The van der Waals surface area contributed by atoms with Crippen LogP contribution in [-0.2, 0) is 38.3 Å². The molecule has 0 fully saturated rings. The Morgan fingerprint density at radius 2 is 1.22 bits per heavy atom. The number of para-hydroxylation sites is 3. The van der Waals surface area contributed by atoms with Gasteiger partial charge in [-0.25, -0.2) is 4.98 Å². The van der Waals surface area contributed by atoms with Crippen molar-refractivity contribution in [1.29, 1.82) is 0 Å². The van der Waals surface area contributed by atoms with Gasteiger partial charge in [0.05, 0.1) is 0 Å². The van der Waals surface area contributed by atoms with E-state index in [1.165, 1.54) is 12.1 Å². The SMILES string of the molecule is [2H]C([2H])(c1ccnc(-n2c3[c-]c(Oc4[c-]c(N5[CH-]n6c7c(-c8cc(C(C)(C)C)cc(C(C([2H])([2H])[2H])(C([2H])([2H])[2H])C([2H])([2H])[2H])c8)cccc7c7ccccc7c7ccccc7c7cccc5c76)ccc4)ccc3c3ccccc32)c1)C(C)C.[Pt]. The first-order valence-electron chi connectivity index (χ1n) is 29.5. The Bertz CT molecular complexity index is 4420. The number of rotatable bonds is 7. The van der Waals surface area contributed by atoms with Crippen LogP contribution in [0.5, 0.6) is 11.5 Å². The van der Waals surface area contributed by atoms with E-state index in [1.807, 2.05) is 166 Å². The molecule has 12 rings (SSSR count). The Balaban J connectivity index is 0.00000721. The first-order valence-corrected chi connectivity index (χ1v) is 24.0. The number of pyridine rings is 1. The molecule has 4 heterocycles. The summed E-state index contributed by atoms with van der Waals surface area (Å²) in [6.45, 7) is 1.05. The molecule has 0 bridgehead atoms. The second kappa shape index (κ2) is 18.1. The summed E-state index contributed by atoms with van der Waals surface area (Å²) in [5, 5.41) is 7.45. The summed E-state index contributed by atoms with van der Waals surface area (Å²) >= 11 is 0. The molecule has 1 aliphatic rings. The van der Waals surface area contributed by atoms with Crippen LogP contribution in [0.15, 0.2) is 176 Å². The maximum absolute atomic E-state index is 8.89. The molecule has 11 aromatic rings. The fourth-order valence-electron chi connectivity index (χ4n) is 10.3. The predicted octanol–water partition coefficient (Wildman–Crippen LogP) is 17.7. The summed E-state index contributed by atoms with van der Waals surface area (Å²) in [6.07, 6.45) is 0.0497. The number of benzene rings is 8. The average molecular weight is 1130 g/mol. The molecule has 0 atom stereocenters. The monoisotopic (exact) mass is 1130 g/mol. The van der Waals surface area contributed by atoms with Crippen molar-refractivity contribution in [3.63, 3.8) is 0 Å². The van der Waals surface area contributed by atoms with Crippen molar-refractivity contribution in [2.45, 2.75) is 72.4 Å². The van der Waals surface area contributed by atoms with Gasteiger partial charge in [-0.15, -0.1) is 35.7 Å². The molecule has 0 amide bonds. The number of anilines is 2. The largest absolute Gasteiger partial charge is 0.509 e. The Labute approximate surface area is 452 Å². The molecular weight excluding hydrogens is 1060 g/mol. The maximum Gasteiger partial charge on any atom is 0.135 e. The zero-order valence-electron chi connectivity index (χ0n) is 51.4. The summed E-state index contributed by atoms with van der Waals surface area (Å²) in [6, 6.07) is 61.5. The molecule has 3 aromatic heterocycles. The van der Waals surface area contributed by atoms with Gasteiger partial charge in [0.15, 0.2) is 0 Å². The molecule has 0 saturated carbocycles. The van der Waals surface area contributed by atoms with Gasteiger partial charge in [0.2, 0.25) is 0 Å². The molecular formula is C66H57N4OPt-3. The third-order valence-electron chi connectivity index (χ3n) is 13.5. The molecule has 0 saturated heterocycles. The second-order valence-electron chi connectivity index (χ2n) is 19.8. The molecule has 0 unspecified atom stereocenters. The van der Waals surface area contributed by atoms with Crippen LogP contribution in [0.3, 0.4) is 0 Å². The molecule has 0 radical (unpaired) electrons. The van der Waals surface area contributed by atoms with Crippen LogP contribution >= 0.6 is 0 Å². The zero-order chi connectivity index (χ0) is 58.1. The van der Waals surface area contributed by atoms with E-state index in [0.29, 0.717) is 56.3 Å². The van der Waals surface area contributed by atoms with Gasteiger partial charge < -0.3 is 18.8 Å². The zero-order valence-corrected chi connectivity index (χ0v) is 42.7. The molecule has 360 valence electrons. The number of hydrogen-bond donors (Lipinski definition) is 0. The summed E-state index contributed by atoms with van der Waals surface area (Å²) in [4.78, 5) is 6.79. The van der Waals surface area contributed by atoms with Crippen LogP contribution in [-0.4, -0.2) is 14.1 Å². The van der Waals surface area contributed by atoms with Crippen LogP contribution < -0.4 is 9.64 Å². The minimum atomic E-state index is -3.49. The summed E-state index contributed by atoms with van der Waals surface area (Å²) in [7, 11) is 0. The quantitative estimate of drug-likeness (QED) is 0.149. The molecule has 5 nitrogen and oxygen atoms in total. The molecule has 6 heteroatoms. The minimum absolute atomic E-state index is 0. The van der Waals surface area contributed by atoms with Crippen molar-refractivity contribution in [3.8, 4) is 28.4 Å². The number of ether oxygens (including phenoxy) is 1. The third kappa shape index (κ3) is 8.18. The van der Waals surface area contributed by atoms with Crippen molar-refractivity contribution >= 4 is 76.5 Å². The van der Waals surface area contributed by atoms with Gasteiger partial charge in [0.1, 0.15) is 5.82 Å². The van der Waals surface area contributed by atoms with E-state index in [9.17, 15) is 0 Å². The van der Waals surface area contributed by atoms with E-state index in [1.54, 1.807) is 18.3 Å². The van der Waals surface area contributed by atoms with Crippen molar-refractivity contribution in [2.24, 2.45) is 5.92 Å². The number of hydrogen-bond acceptors (Lipinski definition) is 3. The molecule has 8 aromatic carbocycles. The van der Waals surface area contributed by atoms with Crippen LogP contribution in [0.25, 0.3) is 82.1 Å². The third-order valence-corrected chi connectivity index (χ3v) is 13.5. The van der Waals surface area contributed by atoms with Crippen LogP contribution in [0.1, 0.15) is 86.9 Å². The molecule has 0 aliphatic carbocycles. The number of fused-ring (bicyclic) bond motifs is 10. The van der Waals surface area contributed by atoms with Crippen molar-refractivity contribution in [1.82, 2.24) is 14.1 Å². The van der Waals surface area contributed by atoms with E-state index < -0.39 is 37.8 Å². The van der Waals surface area contributed by atoms with Gasteiger partial charge in [-0.3, -0.25) is 0 Å². The Morgan fingerprint density at radius 1 is 0.611 bits per heavy atom. The summed E-state index contributed by atoms with van der Waals surface area (Å²) in [5.41, 5.74) is 2.38.